The standard InChI is InChI=1S/C16H25NO4/c1-4-10-21-14-7-5-13(6-8-14)15(18)17-12-16(2,19)9-11-20-3/h5-8,19H,4,9-12H2,1-3H3,(H,17,18). The minimum Gasteiger partial charge on any atom is -0.494 e. The van der Waals surface area contributed by atoms with E-state index in [9.17, 15) is 9.90 Å². The normalized spacial score (nSPS) is 13.5. The molecule has 2 N–H and O–H groups in total. The molecular formula is C16H25NO4. The van der Waals surface area contributed by atoms with Gasteiger partial charge >= 0.3 is 0 Å². The van der Waals surface area contributed by atoms with Crippen molar-refractivity contribution < 1.29 is 19.4 Å². The average molecular weight is 295 g/mol. The fourth-order valence-corrected chi connectivity index (χ4v) is 1.71. The predicted octanol–water partition coefficient (Wildman–Crippen LogP) is 1.99. The molecular weight excluding hydrogens is 270 g/mol. The monoisotopic (exact) mass is 295 g/mol. The van der Waals surface area contributed by atoms with Crippen LogP contribution in [-0.2, 0) is 4.74 Å². The highest BCUT2D eigenvalue weighted by atomic mass is 16.5. The number of carbonyl (C=O) groups is 1. The van der Waals surface area contributed by atoms with Crippen molar-refractivity contribution in [3.63, 3.8) is 0 Å². The summed E-state index contributed by atoms with van der Waals surface area (Å²) >= 11 is 0. The Morgan fingerprint density at radius 3 is 2.52 bits per heavy atom. The maximum absolute atomic E-state index is 12.0. The summed E-state index contributed by atoms with van der Waals surface area (Å²) < 4.78 is 10.4. The van der Waals surface area contributed by atoms with Crippen molar-refractivity contribution >= 4 is 5.91 Å². The lowest BCUT2D eigenvalue weighted by atomic mass is 10.0. The Bertz CT molecular complexity index is 428. The third-order valence-electron chi connectivity index (χ3n) is 3.06. The molecule has 0 saturated carbocycles. The smallest absolute Gasteiger partial charge is 0.251 e. The number of benzene rings is 1. The van der Waals surface area contributed by atoms with Crippen molar-refractivity contribution in [1.82, 2.24) is 5.32 Å². The van der Waals surface area contributed by atoms with Crippen molar-refractivity contribution in [1.29, 1.82) is 0 Å². The number of amides is 1. The van der Waals surface area contributed by atoms with Crippen LogP contribution in [0.3, 0.4) is 0 Å². The van der Waals surface area contributed by atoms with Gasteiger partial charge in [-0.2, -0.15) is 0 Å². The summed E-state index contributed by atoms with van der Waals surface area (Å²) in [5.74, 6) is 0.537. The van der Waals surface area contributed by atoms with Gasteiger partial charge in [0.15, 0.2) is 0 Å². The van der Waals surface area contributed by atoms with Crippen molar-refractivity contribution in [2.45, 2.75) is 32.3 Å². The molecule has 118 valence electrons. The zero-order valence-corrected chi connectivity index (χ0v) is 13.0. The van der Waals surface area contributed by atoms with Crippen LogP contribution in [0.25, 0.3) is 0 Å². The van der Waals surface area contributed by atoms with E-state index in [2.05, 4.69) is 5.32 Å². The maximum atomic E-state index is 12.0. The van der Waals surface area contributed by atoms with E-state index >= 15 is 0 Å². The van der Waals surface area contributed by atoms with Crippen LogP contribution in [0.15, 0.2) is 24.3 Å². The molecule has 0 spiro atoms. The Morgan fingerprint density at radius 2 is 1.95 bits per heavy atom. The first kappa shape index (κ1) is 17.5. The molecule has 0 radical (unpaired) electrons. The van der Waals surface area contributed by atoms with E-state index in [1.165, 1.54) is 0 Å². The van der Waals surface area contributed by atoms with Crippen molar-refractivity contribution in [2.75, 3.05) is 26.9 Å². The SMILES string of the molecule is CCCOc1ccc(C(=O)NCC(C)(O)CCOC)cc1. The molecule has 21 heavy (non-hydrogen) atoms. The largest absolute Gasteiger partial charge is 0.494 e. The lowest BCUT2D eigenvalue weighted by Crippen LogP contribution is -2.41. The molecule has 0 bridgehead atoms. The Kier molecular flexibility index (Phi) is 7.19. The molecule has 0 fully saturated rings. The first-order chi connectivity index (χ1) is 9.98. The number of rotatable bonds is 9. The van der Waals surface area contributed by atoms with Crippen LogP contribution in [0.4, 0.5) is 0 Å². The molecule has 1 atom stereocenters. The lowest BCUT2D eigenvalue weighted by molar-refractivity contribution is 0.0243. The molecule has 0 heterocycles. The summed E-state index contributed by atoms with van der Waals surface area (Å²) in [6, 6.07) is 6.97. The summed E-state index contributed by atoms with van der Waals surface area (Å²) in [4.78, 5) is 12.0. The van der Waals surface area contributed by atoms with Crippen LogP contribution >= 0.6 is 0 Å². The van der Waals surface area contributed by atoms with Crippen LogP contribution in [0.5, 0.6) is 5.75 Å². The molecule has 0 aliphatic heterocycles. The zero-order chi connectivity index (χ0) is 15.7. The fraction of sp³-hybridized carbons (Fsp3) is 0.562. The van der Waals surface area contributed by atoms with Crippen LogP contribution in [-0.4, -0.2) is 43.5 Å². The van der Waals surface area contributed by atoms with Gasteiger partial charge in [0.1, 0.15) is 5.75 Å². The van der Waals surface area contributed by atoms with Crippen molar-refractivity contribution in [3.05, 3.63) is 29.8 Å². The Hall–Kier alpha value is -1.59. The molecule has 1 rings (SSSR count). The molecule has 1 unspecified atom stereocenters. The third-order valence-corrected chi connectivity index (χ3v) is 3.06. The van der Waals surface area contributed by atoms with Crippen LogP contribution < -0.4 is 10.1 Å². The Balaban J connectivity index is 2.48. The van der Waals surface area contributed by atoms with Crippen molar-refractivity contribution in [3.8, 4) is 5.75 Å². The maximum Gasteiger partial charge on any atom is 0.251 e. The van der Waals surface area contributed by atoms with Gasteiger partial charge in [-0.15, -0.1) is 0 Å². The van der Waals surface area contributed by atoms with E-state index in [0.717, 1.165) is 12.2 Å². The first-order valence-electron chi connectivity index (χ1n) is 7.21. The highest BCUT2D eigenvalue weighted by molar-refractivity contribution is 5.94. The van der Waals surface area contributed by atoms with Gasteiger partial charge in [0.25, 0.3) is 5.91 Å². The summed E-state index contributed by atoms with van der Waals surface area (Å²) in [6.45, 7) is 5.01. The number of aliphatic hydroxyl groups is 1. The van der Waals surface area contributed by atoms with Crippen LogP contribution in [0.2, 0.25) is 0 Å². The highest BCUT2D eigenvalue weighted by Gasteiger charge is 2.21. The van der Waals surface area contributed by atoms with E-state index in [4.69, 9.17) is 9.47 Å². The molecule has 1 aromatic rings. The van der Waals surface area contributed by atoms with E-state index in [1.807, 2.05) is 6.92 Å². The summed E-state index contributed by atoms with van der Waals surface area (Å²) in [5, 5.41) is 12.8. The molecule has 5 heteroatoms. The number of methoxy groups -OCH3 is 1. The van der Waals surface area contributed by atoms with Crippen molar-refractivity contribution in [2.24, 2.45) is 0 Å². The first-order valence-corrected chi connectivity index (χ1v) is 7.21. The lowest BCUT2D eigenvalue weighted by Gasteiger charge is -2.23. The molecule has 0 aliphatic carbocycles. The van der Waals surface area contributed by atoms with Gasteiger partial charge in [-0.25, -0.2) is 0 Å². The Morgan fingerprint density at radius 1 is 1.29 bits per heavy atom. The van der Waals surface area contributed by atoms with Crippen LogP contribution in [0.1, 0.15) is 37.0 Å². The minimum atomic E-state index is -0.976. The van der Waals surface area contributed by atoms with E-state index < -0.39 is 5.60 Å². The summed E-state index contributed by atoms with van der Waals surface area (Å²) in [7, 11) is 1.58. The molecule has 0 aliphatic rings. The molecule has 5 nitrogen and oxygen atoms in total. The minimum absolute atomic E-state index is 0.184. The van der Waals surface area contributed by atoms with Gasteiger partial charge in [0.05, 0.1) is 12.2 Å². The highest BCUT2D eigenvalue weighted by Crippen LogP contribution is 2.13. The third kappa shape index (κ3) is 6.60. The van der Waals surface area contributed by atoms with Gasteiger partial charge in [-0.1, -0.05) is 6.92 Å². The quantitative estimate of drug-likeness (QED) is 0.731. The predicted molar refractivity (Wildman–Crippen MR) is 81.7 cm³/mol. The second kappa shape index (κ2) is 8.64. The fourth-order valence-electron chi connectivity index (χ4n) is 1.71. The number of hydrogen-bond acceptors (Lipinski definition) is 4. The number of hydrogen-bond donors (Lipinski definition) is 2. The van der Waals surface area contributed by atoms with Gasteiger partial charge in [-0.05, 0) is 37.6 Å². The number of carbonyl (C=O) groups excluding carboxylic acids is 1. The number of nitrogens with one attached hydrogen (secondary N) is 1. The Labute approximate surface area is 126 Å². The second-order valence-corrected chi connectivity index (χ2v) is 5.30. The molecule has 1 aromatic carbocycles. The second-order valence-electron chi connectivity index (χ2n) is 5.30. The molecule has 0 saturated heterocycles. The molecule has 1 amide bonds. The number of ether oxygens (including phenoxy) is 2. The molecule has 0 aromatic heterocycles. The topological polar surface area (TPSA) is 67.8 Å². The van der Waals surface area contributed by atoms with Gasteiger partial charge in [0, 0.05) is 32.2 Å². The van der Waals surface area contributed by atoms with E-state index in [0.29, 0.717) is 25.2 Å². The van der Waals surface area contributed by atoms with Gasteiger partial charge in [0.2, 0.25) is 0 Å². The van der Waals surface area contributed by atoms with Crippen LogP contribution in [0, 0.1) is 0 Å². The average Bonchev–Trinajstić information content (AvgIpc) is 2.49. The van der Waals surface area contributed by atoms with E-state index in [-0.39, 0.29) is 12.5 Å². The van der Waals surface area contributed by atoms with E-state index in [1.54, 1.807) is 38.3 Å². The van der Waals surface area contributed by atoms with Gasteiger partial charge in [-0.3, -0.25) is 4.79 Å². The summed E-state index contributed by atoms with van der Waals surface area (Å²) in [5.41, 5.74) is -0.433. The van der Waals surface area contributed by atoms with Gasteiger partial charge < -0.3 is 19.9 Å². The zero-order valence-electron chi connectivity index (χ0n) is 13.0. The summed E-state index contributed by atoms with van der Waals surface area (Å²) in [6.07, 6.45) is 1.41.